The van der Waals surface area contributed by atoms with Gasteiger partial charge in [-0.2, -0.15) is 0 Å². The highest BCUT2D eigenvalue weighted by Crippen LogP contribution is 2.32. The normalized spacial score (nSPS) is 12.6. The van der Waals surface area contributed by atoms with E-state index < -0.39 is 11.6 Å². The van der Waals surface area contributed by atoms with Gasteiger partial charge in [0.2, 0.25) is 0 Å². The number of thiophene rings is 1. The first-order chi connectivity index (χ1) is 10.0. The molecule has 1 unspecified atom stereocenters. The molecule has 5 heteroatoms. The summed E-state index contributed by atoms with van der Waals surface area (Å²) in [6.45, 7) is 4.97. The summed E-state index contributed by atoms with van der Waals surface area (Å²) in [5.74, 6) is -1.53. The number of nitrogens with one attached hydrogen (secondary N) is 1. The Morgan fingerprint density at radius 3 is 2.71 bits per heavy atom. The lowest BCUT2D eigenvalue weighted by Crippen LogP contribution is -2.23. The maximum Gasteiger partial charge on any atom is 0.162 e. The van der Waals surface area contributed by atoms with E-state index in [1.807, 2.05) is 6.92 Å². The summed E-state index contributed by atoms with van der Waals surface area (Å²) in [5.41, 5.74) is 0.408. The largest absolute Gasteiger partial charge is 0.309 e. The summed E-state index contributed by atoms with van der Waals surface area (Å²) >= 11 is 5.19. The average molecular weight is 374 g/mol. The van der Waals surface area contributed by atoms with Crippen molar-refractivity contribution in [3.63, 3.8) is 0 Å². The molecule has 1 aromatic heterocycles. The van der Waals surface area contributed by atoms with E-state index in [2.05, 4.69) is 34.2 Å². The van der Waals surface area contributed by atoms with Gasteiger partial charge >= 0.3 is 0 Å². The Kier molecular flexibility index (Phi) is 5.90. The first kappa shape index (κ1) is 16.6. The standard InChI is InChI=1S/C16H18BrF2NS/c1-3-7-20-14(15-9-12(17)10(2)21-15)8-11-5-4-6-13(18)16(11)19/h4-6,9,14,20H,3,7-8H2,1-2H3. The highest BCUT2D eigenvalue weighted by Gasteiger charge is 2.18. The van der Waals surface area contributed by atoms with Crippen LogP contribution in [0.5, 0.6) is 0 Å². The van der Waals surface area contributed by atoms with E-state index in [0.29, 0.717) is 12.0 Å². The Morgan fingerprint density at radius 1 is 1.33 bits per heavy atom. The molecule has 114 valence electrons. The van der Waals surface area contributed by atoms with Crippen molar-refractivity contribution < 1.29 is 8.78 Å². The summed E-state index contributed by atoms with van der Waals surface area (Å²) in [5, 5.41) is 3.42. The lowest BCUT2D eigenvalue weighted by Gasteiger charge is -2.17. The van der Waals surface area contributed by atoms with Crippen molar-refractivity contribution in [3.8, 4) is 0 Å². The molecule has 0 aliphatic rings. The maximum atomic E-state index is 13.9. The molecule has 0 aliphatic carbocycles. The van der Waals surface area contributed by atoms with Crippen LogP contribution in [-0.2, 0) is 6.42 Å². The van der Waals surface area contributed by atoms with E-state index in [-0.39, 0.29) is 6.04 Å². The van der Waals surface area contributed by atoms with Crippen LogP contribution in [0.25, 0.3) is 0 Å². The number of hydrogen-bond donors (Lipinski definition) is 1. The van der Waals surface area contributed by atoms with Crippen molar-refractivity contribution >= 4 is 27.3 Å². The van der Waals surface area contributed by atoms with Crippen molar-refractivity contribution in [1.29, 1.82) is 0 Å². The van der Waals surface area contributed by atoms with Gasteiger partial charge < -0.3 is 5.32 Å². The number of hydrogen-bond acceptors (Lipinski definition) is 2. The van der Waals surface area contributed by atoms with Gasteiger partial charge in [0.05, 0.1) is 0 Å². The lowest BCUT2D eigenvalue weighted by atomic mass is 10.0. The molecule has 2 aromatic rings. The maximum absolute atomic E-state index is 13.9. The molecule has 1 aromatic carbocycles. The van der Waals surface area contributed by atoms with Crippen molar-refractivity contribution in [1.82, 2.24) is 5.32 Å². The molecule has 0 spiro atoms. The third-order valence-electron chi connectivity index (χ3n) is 3.32. The topological polar surface area (TPSA) is 12.0 Å². The summed E-state index contributed by atoms with van der Waals surface area (Å²) < 4.78 is 28.3. The third-order valence-corrected chi connectivity index (χ3v) is 5.57. The van der Waals surface area contributed by atoms with Gasteiger partial charge in [0.25, 0.3) is 0 Å². The molecule has 0 saturated carbocycles. The predicted octanol–water partition coefficient (Wildman–Crippen LogP) is 5.38. The van der Waals surface area contributed by atoms with Crippen LogP contribution < -0.4 is 5.32 Å². The zero-order valence-electron chi connectivity index (χ0n) is 12.1. The quantitative estimate of drug-likeness (QED) is 0.716. The van der Waals surface area contributed by atoms with Crippen LogP contribution in [0.2, 0.25) is 0 Å². The van der Waals surface area contributed by atoms with Crippen molar-refractivity contribution in [2.24, 2.45) is 0 Å². The molecular formula is C16H18BrF2NS. The molecule has 2 rings (SSSR count). The Morgan fingerprint density at radius 2 is 2.10 bits per heavy atom. The first-order valence-corrected chi connectivity index (χ1v) is 8.56. The fraction of sp³-hybridized carbons (Fsp3) is 0.375. The number of rotatable bonds is 6. The molecular weight excluding hydrogens is 356 g/mol. The molecule has 0 amide bonds. The number of halogens is 3. The van der Waals surface area contributed by atoms with Gasteiger partial charge in [0, 0.05) is 20.3 Å². The minimum Gasteiger partial charge on any atom is -0.309 e. The second-order valence-electron chi connectivity index (χ2n) is 4.98. The molecule has 0 radical (unpaired) electrons. The van der Waals surface area contributed by atoms with Gasteiger partial charge in [0.1, 0.15) is 0 Å². The fourth-order valence-corrected chi connectivity index (χ4v) is 3.81. The fourth-order valence-electron chi connectivity index (χ4n) is 2.17. The molecule has 0 aliphatic heterocycles. The third kappa shape index (κ3) is 4.11. The predicted molar refractivity (Wildman–Crippen MR) is 87.9 cm³/mol. The zero-order valence-corrected chi connectivity index (χ0v) is 14.5. The molecule has 1 nitrogen and oxygen atoms in total. The highest BCUT2D eigenvalue weighted by atomic mass is 79.9. The Bertz CT molecular complexity index is 593. The molecule has 0 bridgehead atoms. The molecule has 1 atom stereocenters. The van der Waals surface area contributed by atoms with E-state index in [0.717, 1.165) is 28.4 Å². The summed E-state index contributed by atoms with van der Waals surface area (Å²) in [6.07, 6.45) is 1.43. The highest BCUT2D eigenvalue weighted by molar-refractivity contribution is 9.10. The van der Waals surface area contributed by atoms with Crippen LogP contribution in [-0.4, -0.2) is 6.54 Å². The smallest absolute Gasteiger partial charge is 0.162 e. The number of aryl methyl sites for hydroxylation is 1. The van der Waals surface area contributed by atoms with E-state index in [1.54, 1.807) is 23.5 Å². The Balaban J connectivity index is 2.26. The van der Waals surface area contributed by atoms with Crippen molar-refractivity contribution in [2.45, 2.75) is 32.7 Å². The van der Waals surface area contributed by atoms with E-state index in [4.69, 9.17) is 0 Å². The summed E-state index contributed by atoms with van der Waals surface area (Å²) in [7, 11) is 0. The van der Waals surface area contributed by atoms with Gasteiger partial charge in [-0.25, -0.2) is 8.78 Å². The Hall–Kier alpha value is -0.780. The van der Waals surface area contributed by atoms with E-state index in [9.17, 15) is 8.78 Å². The van der Waals surface area contributed by atoms with E-state index in [1.165, 1.54) is 4.88 Å². The average Bonchev–Trinajstić information content (AvgIpc) is 2.79. The molecule has 1 heterocycles. The molecule has 1 N–H and O–H groups in total. The van der Waals surface area contributed by atoms with Crippen LogP contribution in [0.4, 0.5) is 8.78 Å². The molecule has 21 heavy (non-hydrogen) atoms. The molecule has 0 saturated heterocycles. The van der Waals surface area contributed by atoms with E-state index >= 15 is 0 Å². The van der Waals surface area contributed by atoms with Gasteiger partial charge in [0.15, 0.2) is 11.6 Å². The summed E-state index contributed by atoms with van der Waals surface area (Å²) in [4.78, 5) is 2.32. The molecule has 0 fully saturated rings. The summed E-state index contributed by atoms with van der Waals surface area (Å²) in [6, 6.07) is 6.41. The van der Waals surface area contributed by atoms with Crippen molar-refractivity contribution in [3.05, 3.63) is 55.7 Å². The second kappa shape index (κ2) is 7.47. The minimum absolute atomic E-state index is 0.00347. The SMILES string of the molecule is CCCNC(Cc1cccc(F)c1F)c1cc(Br)c(C)s1. The second-order valence-corrected chi connectivity index (χ2v) is 7.12. The van der Waals surface area contributed by atoms with Crippen molar-refractivity contribution in [2.75, 3.05) is 6.54 Å². The zero-order chi connectivity index (χ0) is 15.4. The van der Waals surface area contributed by atoms with Gasteiger partial charge in [-0.05, 0) is 59.9 Å². The van der Waals surface area contributed by atoms with Crippen LogP contribution in [0.1, 0.15) is 34.7 Å². The van der Waals surface area contributed by atoms with Gasteiger partial charge in [-0.1, -0.05) is 19.1 Å². The van der Waals surface area contributed by atoms with Gasteiger partial charge in [-0.3, -0.25) is 0 Å². The Labute approximate surface area is 136 Å². The van der Waals surface area contributed by atoms with Crippen LogP contribution in [0.3, 0.4) is 0 Å². The van der Waals surface area contributed by atoms with Crippen LogP contribution in [0, 0.1) is 18.6 Å². The monoisotopic (exact) mass is 373 g/mol. The lowest BCUT2D eigenvalue weighted by molar-refractivity contribution is 0.479. The number of benzene rings is 1. The van der Waals surface area contributed by atoms with Crippen LogP contribution in [0.15, 0.2) is 28.7 Å². The van der Waals surface area contributed by atoms with Crippen LogP contribution >= 0.6 is 27.3 Å². The van der Waals surface area contributed by atoms with Gasteiger partial charge in [-0.15, -0.1) is 11.3 Å². The minimum atomic E-state index is -0.787. The first-order valence-electron chi connectivity index (χ1n) is 6.95.